The van der Waals surface area contributed by atoms with Crippen LogP contribution in [0.15, 0.2) is 36.5 Å². The molecule has 0 aromatic heterocycles. The quantitative estimate of drug-likeness (QED) is 0.0420. The molecule has 66 heavy (non-hydrogen) atoms. The van der Waals surface area contributed by atoms with Gasteiger partial charge in [-0.15, -0.1) is 0 Å². The zero-order valence-electron chi connectivity index (χ0n) is 45.0. The van der Waals surface area contributed by atoms with E-state index in [1.807, 2.05) is 6.08 Å². The third-order valence-corrected chi connectivity index (χ3v) is 14.1. The van der Waals surface area contributed by atoms with E-state index in [0.29, 0.717) is 6.42 Å². The third kappa shape index (κ3) is 53.6. The second kappa shape index (κ2) is 57.9. The van der Waals surface area contributed by atoms with E-state index in [1.54, 1.807) is 6.08 Å². The first-order chi connectivity index (χ1) is 32.7. The van der Waals surface area contributed by atoms with Gasteiger partial charge in [-0.05, 0) is 44.9 Å². The molecule has 0 saturated carbocycles. The van der Waals surface area contributed by atoms with Crippen LogP contribution < -0.4 is 5.32 Å². The summed E-state index contributed by atoms with van der Waals surface area (Å²) in [7, 11) is 0. The molecule has 0 heterocycles. The van der Waals surface area contributed by atoms with Gasteiger partial charge < -0.3 is 15.5 Å². The monoisotopic (exact) mass is 926 g/mol. The van der Waals surface area contributed by atoms with Crippen LogP contribution in [0.5, 0.6) is 0 Å². The predicted octanol–water partition coefficient (Wildman–Crippen LogP) is 20.0. The minimum Gasteiger partial charge on any atom is -0.394 e. The second-order valence-electron chi connectivity index (χ2n) is 20.8. The molecule has 2 unspecified atom stereocenters. The van der Waals surface area contributed by atoms with Gasteiger partial charge in [-0.1, -0.05) is 320 Å². The van der Waals surface area contributed by atoms with E-state index in [0.717, 1.165) is 38.5 Å². The predicted molar refractivity (Wildman–Crippen MR) is 295 cm³/mol. The molecule has 4 nitrogen and oxygen atoms in total. The van der Waals surface area contributed by atoms with Crippen molar-refractivity contribution >= 4 is 5.91 Å². The smallest absolute Gasteiger partial charge is 0.220 e. The third-order valence-electron chi connectivity index (χ3n) is 14.1. The van der Waals surface area contributed by atoms with E-state index >= 15 is 0 Å². The zero-order chi connectivity index (χ0) is 47.7. The van der Waals surface area contributed by atoms with E-state index in [9.17, 15) is 15.0 Å². The molecule has 2 atom stereocenters. The molecule has 0 spiro atoms. The van der Waals surface area contributed by atoms with Crippen molar-refractivity contribution in [2.45, 2.75) is 347 Å². The normalized spacial score (nSPS) is 13.0. The Morgan fingerprint density at radius 3 is 0.879 bits per heavy atom. The number of rotatable bonds is 56. The Kier molecular flexibility index (Phi) is 56.7. The fourth-order valence-electron chi connectivity index (χ4n) is 9.51. The summed E-state index contributed by atoms with van der Waals surface area (Å²) < 4.78 is 0. The minimum absolute atomic E-state index is 0.0713. The molecule has 390 valence electrons. The van der Waals surface area contributed by atoms with Crippen LogP contribution in [0.25, 0.3) is 0 Å². The van der Waals surface area contributed by atoms with Gasteiger partial charge in [0.1, 0.15) is 0 Å². The molecule has 0 aromatic rings. The van der Waals surface area contributed by atoms with Crippen LogP contribution in [0, 0.1) is 0 Å². The van der Waals surface area contributed by atoms with Crippen molar-refractivity contribution in [3.05, 3.63) is 36.5 Å². The van der Waals surface area contributed by atoms with Crippen molar-refractivity contribution in [3.8, 4) is 0 Å². The molecule has 0 aliphatic heterocycles. The van der Waals surface area contributed by atoms with Crippen LogP contribution in [0.1, 0.15) is 335 Å². The van der Waals surface area contributed by atoms with E-state index in [2.05, 4.69) is 43.5 Å². The molecule has 0 rings (SSSR count). The van der Waals surface area contributed by atoms with Gasteiger partial charge in [0.2, 0.25) is 5.91 Å². The average Bonchev–Trinajstić information content (AvgIpc) is 3.32. The average molecular weight is 927 g/mol. The summed E-state index contributed by atoms with van der Waals surface area (Å²) in [6.45, 7) is 4.33. The molecule has 4 heteroatoms. The summed E-state index contributed by atoms with van der Waals surface area (Å²) in [6, 6.07) is -0.644. The summed E-state index contributed by atoms with van der Waals surface area (Å²) in [5.41, 5.74) is 0. The summed E-state index contributed by atoms with van der Waals surface area (Å²) in [4.78, 5) is 12.5. The van der Waals surface area contributed by atoms with Crippen LogP contribution in [0.4, 0.5) is 0 Å². The summed E-state index contributed by atoms with van der Waals surface area (Å²) in [5.74, 6) is -0.0713. The van der Waals surface area contributed by atoms with Gasteiger partial charge in [-0.2, -0.15) is 0 Å². The zero-order valence-corrected chi connectivity index (χ0v) is 45.0. The highest BCUT2D eigenvalue weighted by molar-refractivity contribution is 5.76. The SMILES string of the molecule is CCCCCCCCCCCCC/C=C/CC/C=C/CC/C=C/C(O)C(CO)NC(=O)CCCCCCCCCCCCCCCCCCCCCCCCCCCCCCCCCCC. The summed E-state index contributed by atoms with van der Waals surface area (Å²) in [6.07, 6.45) is 79.1. The lowest BCUT2D eigenvalue weighted by Crippen LogP contribution is -2.45. The van der Waals surface area contributed by atoms with E-state index < -0.39 is 12.1 Å². The number of nitrogens with one attached hydrogen (secondary N) is 1. The van der Waals surface area contributed by atoms with Gasteiger partial charge in [0.15, 0.2) is 0 Å². The first kappa shape index (κ1) is 64.6. The molecular formula is C62H119NO3. The second-order valence-corrected chi connectivity index (χ2v) is 20.8. The number of allylic oxidation sites excluding steroid dienone is 5. The van der Waals surface area contributed by atoms with Crippen molar-refractivity contribution in [2.75, 3.05) is 6.61 Å². The van der Waals surface area contributed by atoms with Crippen LogP contribution in [0.3, 0.4) is 0 Å². The fourth-order valence-corrected chi connectivity index (χ4v) is 9.51. The molecule has 0 radical (unpaired) electrons. The Hall–Kier alpha value is -1.39. The Bertz CT molecular complexity index is 1010. The Morgan fingerprint density at radius 2 is 0.591 bits per heavy atom. The summed E-state index contributed by atoms with van der Waals surface area (Å²) >= 11 is 0. The van der Waals surface area contributed by atoms with Crippen molar-refractivity contribution in [1.82, 2.24) is 5.32 Å². The molecule has 1 amide bonds. The van der Waals surface area contributed by atoms with E-state index in [-0.39, 0.29) is 12.5 Å². The highest BCUT2D eigenvalue weighted by atomic mass is 16.3. The number of aliphatic hydroxyl groups excluding tert-OH is 2. The Morgan fingerprint density at radius 1 is 0.348 bits per heavy atom. The molecule has 0 aliphatic rings. The maximum Gasteiger partial charge on any atom is 0.220 e. The molecule has 0 bridgehead atoms. The van der Waals surface area contributed by atoms with Gasteiger partial charge in [0.25, 0.3) is 0 Å². The lowest BCUT2D eigenvalue weighted by Gasteiger charge is -2.19. The van der Waals surface area contributed by atoms with Gasteiger partial charge in [0, 0.05) is 6.42 Å². The minimum atomic E-state index is -0.869. The number of aliphatic hydroxyl groups is 2. The number of unbranched alkanes of at least 4 members (excludes halogenated alkanes) is 45. The molecule has 3 N–H and O–H groups in total. The maximum atomic E-state index is 12.5. The molecule has 0 aliphatic carbocycles. The summed E-state index contributed by atoms with van der Waals surface area (Å²) in [5, 5.41) is 23.2. The lowest BCUT2D eigenvalue weighted by molar-refractivity contribution is -0.123. The number of carbonyl (C=O) groups is 1. The fraction of sp³-hybridized carbons (Fsp3) is 0.887. The van der Waals surface area contributed by atoms with Gasteiger partial charge >= 0.3 is 0 Å². The van der Waals surface area contributed by atoms with Gasteiger partial charge in [-0.25, -0.2) is 0 Å². The van der Waals surface area contributed by atoms with Crippen molar-refractivity contribution in [3.63, 3.8) is 0 Å². The van der Waals surface area contributed by atoms with Crippen molar-refractivity contribution in [2.24, 2.45) is 0 Å². The van der Waals surface area contributed by atoms with Crippen LogP contribution in [-0.2, 0) is 4.79 Å². The number of amides is 1. The maximum absolute atomic E-state index is 12.5. The molecule has 0 saturated heterocycles. The number of hydrogen-bond acceptors (Lipinski definition) is 3. The Balaban J connectivity index is 3.46. The topological polar surface area (TPSA) is 69.6 Å². The largest absolute Gasteiger partial charge is 0.394 e. The first-order valence-corrected chi connectivity index (χ1v) is 30.2. The van der Waals surface area contributed by atoms with Crippen LogP contribution in [-0.4, -0.2) is 34.9 Å². The Labute approximate surface area is 414 Å². The van der Waals surface area contributed by atoms with E-state index in [1.165, 1.54) is 276 Å². The number of hydrogen-bond donors (Lipinski definition) is 3. The molecule has 0 fully saturated rings. The lowest BCUT2D eigenvalue weighted by atomic mass is 10.0. The van der Waals surface area contributed by atoms with Gasteiger partial charge in [0.05, 0.1) is 18.8 Å². The van der Waals surface area contributed by atoms with Crippen molar-refractivity contribution < 1.29 is 15.0 Å². The molecular weight excluding hydrogens is 807 g/mol. The van der Waals surface area contributed by atoms with Gasteiger partial charge in [-0.3, -0.25) is 4.79 Å². The number of carbonyl (C=O) groups excluding carboxylic acids is 1. The first-order valence-electron chi connectivity index (χ1n) is 30.2. The van der Waals surface area contributed by atoms with Crippen molar-refractivity contribution in [1.29, 1.82) is 0 Å². The molecule has 0 aromatic carbocycles. The highest BCUT2D eigenvalue weighted by Gasteiger charge is 2.18. The van der Waals surface area contributed by atoms with Crippen LogP contribution in [0.2, 0.25) is 0 Å². The standard InChI is InChI=1S/C62H119NO3/c1-3-5-7-9-11-13-15-17-19-21-23-25-26-27-28-29-30-31-32-33-34-35-36-38-40-42-44-46-48-50-52-54-56-58-62(66)63-60(59-64)61(65)57-55-53-51-49-47-45-43-41-39-37-24-22-20-18-16-14-12-10-8-6-4-2/h39,41,47,49,55,57,60-61,64-65H,3-38,40,42-46,48,50-54,56,58-59H2,1-2H3,(H,63,66)/b41-39+,49-47+,57-55+. The highest BCUT2D eigenvalue weighted by Crippen LogP contribution is 2.18. The van der Waals surface area contributed by atoms with Crippen LogP contribution >= 0.6 is 0 Å². The van der Waals surface area contributed by atoms with E-state index in [4.69, 9.17) is 0 Å².